The number of hydrogen-bond acceptors (Lipinski definition) is 2. The van der Waals surface area contributed by atoms with Gasteiger partial charge in [-0.25, -0.2) is 0 Å². The molecule has 2 unspecified atom stereocenters. The van der Waals surface area contributed by atoms with Crippen LogP contribution in [0.5, 0.6) is 0 Å². The van der Waals surface area contributed by atoms with Crippen LogP contribution in [0.25, 0.3) is 0 Å². The molecule has 2 nitrogen and oxygen atoms in total. The maximum absolute atomic E-state index is 12.2. The van der Waals surface area contributed by atoms with E-state index in [0.29, 0.717) is 12.0 Å². The van der Waals surface area contributed by atoms with E-state index in [2.05, 4.69) is 17.1 Å². The standard InChI is InChI=1S/C13H23F3N2/c1-2-10-6-11(17-9-13(14,15)16)8-18(7-10)12-4-3-5-12/h10-12,17H,2-9H2,1H3. The summed E-state index contributed by atoms with van der Waals surface area (Å²) in [6, 6.07) is 0.639. The molecule has 0 aromatic heterocycles. The van der Waals surface area contributed by atoms with Gasteiger partial charge >= 0.3 is 6.18 Å². The quantitative estimate of drug-likeness (QED) is 0.840. The van der Waals surface area contributed by atoms with Crippen LogP contribution in [0.15, 0.2) is 0 Å². The van der Waals surface area contributed by atoms with Crippen molar-refractivity contribution in [2.45, 2.75) is 57.3 Å². The Labute approximate surface area is 107 Å². The van der Waals surface area contributed by atoms with Gasteiger partial charge in [0.1, 0.15) is 0 Å². The zero-order valence-electron chi connectivity index (χ0n) is 11.0. The predicted molar refractivity (Wildman–Crippen MR) is 65.5 cm³/mol. The maximum Gasteiger partial charge on any atom is 0.401 e. The Kier molecular flexibility index (Phi) is 4.54. The zero-order valence-corrected chi connectivity index (χ0v) is 11.0. The monoisotopic (exact) mass is 264 g/mol. The van der Waals surface area contributed by atoms with Gasteiger partial charge in [0, 0.05) is 25.2 Å². The molecule has 106 valence electrons. The van der Waals surface area contributed by atoms with E-state index < -0.39 is 12.7 Å². The van der Waals surface area contributed by atoms with Crippen LogP contribution in [0.1, 0.15) is 39.0 Å². The first-order valence-corrected chi connectivity index (χ1v) is 7.02. The molecule has 1 saturated carbocycles. The summed E-state index contributed by atoms with van der Waals surface area (Å²) in [7, 11) is 0. The molecule has 2 rings (SSSR count). The molecule has 18 heavy (non-hydrogen) atoms. The Morgan fingerprint density at radius 2 is 1.94 bits per heavy atom. The van der Waals surface area contributed by atoms with Gasteiger partial charge in [-0.1, -0.05) is 19.8 Å². The van der Waals surface area contributed by atoms with Crippen LogP contribution in [-0.2, 0) is 0 Å². The molecule has 1 heterocycles. The summed E-state index contributed by atoms with van der Waals surface area (Å²) in [5.41, 5.74) is 0. The first-order chi connectivity index (χ1) is 8.48. The third kappa shape index (κ3) is 3.85. The number of rotatable bonds is 4. The van der Waals surface area contributed by atoms with E-state index >= 15 is 0 Å². The number of halogens is 3. The molecule has 1 saturated heterocycles. The number of nitrogens with one attached hydrogen (secondary N) is 1. The molecule has 2 atom stereocenters. The summed E-state index contributed by atoms with van der Waals surface area (Å²) in [6.45, 7) is 3.14. The van der Waals surface area contributed by atoms with E-state index in [9.17, 15) is 13.2 Å². The molecule has 2 aliphatic rings. The van der Waals surface area contributed by atoms with Crippen molar-refractivity contribution in [3.63, 3.8) is 0 Å². The molecule has 1 N–H and O–H groups in total. The summed E-state index contributed by atoms with van der Waals surface area (Å²) in [6.07, 6.45) is 1.58. The average molecular weight is 264 g/mol. The summed E-state index contributed by atoms with van der Waals surface area (Å²) in [5.74, 6) is 0.546. The normalized spacial score (nSPS) is 31.3. The number of nitrogens with zero attached hydrogens (tertiary/aromatic N) is 1. The second-order valence-electron chi connectivity index (χ2n) is 5.74. The van der Waals surface area contributed by atoms with E-state index in [1.165, 1.54) is 19.3 Å². The summed E-state index contributed by atoms with van der Waals surface area (Å²) in [4.78, 5) is 2.41. The minimum atomic E-state index is -4.10. The summed E-state index contributed by atoms with van der Waals surface area (Å²) in [5, 5.41) is 2.69. The Hall–Kier alpha value is -0.290. The Bertz CT molecular complexity index is 263. The number of likely N-dealkylation sites (tertiary alicyclic amines) is 1. The molecule has 1 aliphatic heterocycles. The lowest BCUT2D eigenvalue weighted by molar-refractivity contribution is -0.127. The lowest BCUT2D eigenvalue weighted by Gasteiger charge is -2.45. The van der Waals surface area contributed by atoms with E-state index in [4.69, 9.17) is 0 Å². The first kappa shape index (κ1) is 14.1. The average Bonchev–Trinajstić information content (AvgIpc) is 2.23. The van der Waals surface area contributed by atoms with Gasteiger partial charge in [-0.05, 0) is 25.2 Å². The largest absolute Gasteiger partial charge is 0.401 e. The van der Waals surface area contributed by atoms with Crippen LogP contribution in [0.4, 0.5) is 13.2 Å². The van der Waals surface area contributed by atoms with Crippen LogP contribution in [-0.4, -0.2) is 42.8 Å². The lowest BCUT2D eigenvalue weighted by Crippen LogP contribution is -2.55. The minimum absolute atomic E-state index is 0.00549. The molecule has 0 radical (unpaired) electrons. The SMILES string of the molecule is CCC1CC(NCC(F)(F)F)CN(C2CCC2)C1. The number of alkyl halides is 3. The summed E-state index contributed by atoms with van der Waals surface area (Å²) < 4.78 is 36.7. The molecular formula is C13H23F3N2. The first-order valence-electron chi connectivity index (χ1n) is 7.02. The van der Waals surface area contributed by atoms with E-state index in [-0.39, 0.29) is 6.04 Å². The van der Waals surface area contributed by atoms with Crippen molar-refractivity contribution in [3.8, 4) is 0 Å². The predicted octanol–water partition coefficient (Wildman–Crippen LogP) is 2.79. The molecule has 5 heteroatoms. The van der Waals surface area contributed by atoms with Crippen LogP contribution < -0.4 is 5.32 Å². The Morgan fingerprint density at radius 1 is 1.22 bits per heavy atom. The van der Waals surface area contributed by atoms with E-state index in [1.807, 2.05) is 0 Å². The lowest BCUT2D eigenvalue weighted by atomic mass is 9.85. The Balaban J connectivity index is 1.85. The van der Waals surface area contributed by atoms with Crippen molar-refractivity contribution in [3.05, 3.63) is 0 Å². The maximum atomic E-state index is 12.2. The fourth-order valence-corrected chi connectivity index (χ4v) is 2.99. The highest BCUT2D eigenvalue weighted by atomic mass is 19.4. The molecule has 0 bridgehead atoms. The molecule has 1 aliphatic carbocycles. The van der Waals surface area contributed by atoms with Gasteiger partial charge in [-0.2, -0.15) is 13.2 Å². The van der Waals surface area contributed by atoms with Crippen molar-refractivity contribution < 1.29 is 13.2 Å². The smallest absolute Gasteiger partial charge is 0.305 e. The van der Waals surface area contributed by atoms with Gasteiger partial charge in [0.2, 0.25) is 0 Å². The van der Waals surface area contributed by atoms with Gasteiger partial charge in [0.15, 0.2) is 0 Å². The van der Waals surface area contributed by atoms with Gasteiger partial charge in [-0.3, -0.25) is 4.90 Å². The van der Waals surface area contributed by atoms with Crippen molar-refractivity contribution in [1.82, 2.24) is 10.2 Å². The second-order valence-corrected chi connectivity index (χ2v) is 5.74. The van der Waals surface area contributed by atoms with Crippen molar-refractivity contribution in [2.75, 3.05) is 19.6 Å². The molecule has 0 aromatic carbocycles. The fraction of sp³-hybridized carbons (Fsp3) is 1.00. The third-order valence-corrected chi connectivity index (χ3v) is 4.33. The molecule has 0 amide bonds. The minimum Gasteiger partial charge on any atom is -0.305 e. The van der Waals surface area contributed by atoms with E-state index in [0.717, 1.165) is 25.9 Å². The van der Waals surface area contributed by atoms with Crippen molar-refractivity contribution in [2.24, 2.45) is 5.92 Å². The fourth-order valence-electron chi connectivity index (χ4n) is 2.99. The van der Waals surface area contributed by atoms with Crippen molar-refractivity contribution in [1.29, 1.82) is 0 Å². The van der Waals surface area contributed by atoms with Crippen LogP contribution in [0.3, 0.4) is 0 Å². The Morgan fingerprint density at radius 3 is 2.44 bits per heavy atom. The van der Waals surface area contributed by atoms with Gasteiger partial charge < -0.3 is 5.32 Å². The van der Waals surface area contributed by atoms with E-state index in [1.54, 1.807) is 0 Å². The zero-order chi connectivity index (χ0) is 13.2. The highest BCUT2D eigenvalue weighted by molar-refractivity contribution is 4.89. The molecule has 0 spiro atoms. The highest BCUT2D eigenvalue weighted by Crippen LogP contribution is 2.30. The van der Waals surface area contributed by atoms with Gasteiger partial charge in [-0.15, -0.1) is 0 Å². The third-order valence-electron chi connectivity index (χ3n) is 4.33. The van der Waals surface area contributed by atoms with Crippen LogP contribution in [0.2, 0.25) is 0 Å². The number of hydrogen-bond donors (Lipinski definition) is 1. The second kappa shape index (κ2) is 5.78. The van der Waals surface area contributed by atoms with Gasteiger partial charge in [0.05, 0.1) is 6.54 Å². The topological polar surface area (TPSA) is 15.3 Å². The highest BCUT2D eigenvalue weighted by Gasteiger charge is 2.35. The van der Waals surface area contributed by atoms with Gasteiger partial charge in [0.25, 0.3) is 0 Å². The summed E-state index contributed by atoms with van der Waals surface area (Å²) >= 11 is 0. The van der Waals surface area contributed by atoms with Crippen LogP contribution >= 0.6 is 0 Å². The van der Waals surface area contributed by atoms with Crippen molar-refractivity contribution >= 4 is 0 Å². The molecule has 0 aromatic rings. The molecular weight excluding hydrogens is 241 g/mol. The number of piperidine rings is 1. The molecule has 2 fully saturated rings. The van der Waals surface area contributed by atoms with Crippen LogP contribution in [0, 0.1) is 5.92 Å².